The topological polar surface area (TPSA) is 102 Å². The van der Waals surface area contributed by atoms with Gasteiger partial charge in [-0.05, 0) is 36.8 Å². The fourth-order valence-corrected chi connectivity index (χ4v) is 2.89. The molecule has 7 nitrogen and oxygen atoms in total. The van der Waals surface area contributed by atoms with E-state index in [1.165, 1.54) is 30.5 Å². The number of nitrogens with zero attached hydrogens (tertiary/aromatic N) is 1. The van der Waals surface area contributed by atoms with Crippen LogP contribution in [0.25, 0.3) is 0 Å². The molecule has 138 valence electrons. The maximum Gasteiger partial charge on any atom is 0.338 e. The lowest BCUT2D eigenvalue weighted by Crippen LogP contribution is -2.21. The van der Waals surface area contributed by atoms with Crippen LogP contribution >= 0.6 is 23.2 Å². The van der Waals surface area contributed by atoms with Crippen LogP contribution in [-0.2, 0) is 19.4 Å². The molecule has 0 bridgehead atoms. The van der Waals surface area contributed by atoms with Gasteiger partial charge in [0.25, 0.3) is 5.91 Å². The van der Waals surface area contributed by atoms with Gasteiger partial charge in [0, 0.05) is 12.5 Å². The Labute approximate surface area is 160 Å². The predicted molar refractivity (Wildman–Crippen MR) is 97.5 cm³/mol. The van der Waals surface area contributed by atoms with Crippen LogP contribution in [0.4, 0.5) is 5.82 Å². The number of ether oxygens (including phenoxy) is 1. The van der Waals surface area contributed by atoms with E-state index in [0.29, 0.717) is 10.6 Å². The number of hydrogen-bond acceptors (Lipinski definition) is 6. The minimum absolute atomic E-state index is 0.0746. The standard InChI is InChI=1S/C16H14Cl2N2O5S/c1-9-12(17)7-19-15(14(9)18)20-13(21)8-25-16(22)10-3-5-11(6-4-10)26(2,23)24/h3-7H,8H2,1-2H3,(H,19,20,21). The molecule has 1 aromatic heterocycles. The third kappa shape index (κ3) is 4.94. The number of benzene rings is 1. The van der Waals surface area contributed by atoms with Crippen molar-refractivity contribution in [3.8, 4) is 0 Å². The van der Waals surface area contributed by atoms with Crippen LogP contribution < -0.4 is 5.32 Å². The number of nitrogens with one attached hydrogen (secondary N) is 1. The Hall–Kier alpha value is -2.16. The van der Waals surface area contributed by atoms with E-state index < -0.39 is 28.3 Å². The van der Waals surface area contributed by atoms with Crippen LogP contribution in [-0.4, -0.2) is 38.1 Å². The third-order valence-corrected chi connectivity index (χ3v) is 5.28. The number of pyridine rings is 1. The number of carbonyl (C=O) groups excluding carboxylic acids is 2. The molecule has 0 saturated heterocycles. The van der Waals surface area contributed by atoms with E-state index in [9.17, 15) is 18.0 Å². The molecule has 1 heterocycles. The van der Waals surface area contributed by atoms with Gasteiger partial charge < -0.3 is 10.1 Å². The molecule has 0 spiro atoms. The van der Waals surface area contributed by atoms with Crippen molar-refractivity contribution in [2.75, 3.05) is 18.2 Å². The zero-order valence-electron chi connectivity index (χ0n) is 13.7. The SMILES string of the molecule is Cc1c(Cl)cnc(NC(=O)COC(=O)c2ccc(S(C)(=O)=O)cc2)c1Cl. The molecule has 2 rings (SSSR count). The summed E-state index contributed by atoms with van der Waals surface area (Å²) in [6.07, 6.45) is 2.40. The highest BCUT2D eigenvalue weighted by molar-refractivity contribution is 7.90. The lowest BCUT2D eigenvalue weighted by Gasteiger charge is -2.09. The van der Waals surface area contributed by atoms with Crippen LogP contribution in [0.1, 0.15) is 15.9 Å². The number of halogens is 2. The van der Waals surface area contributed by atoms with Crippen molar-refractivity contribution in [2.45, 2.75) is 11.8 Å². The van der Waals surface area contributed by atoms with Crippen molar-refractivity contribution >= 4 is 50.7 Å². The van der Waals surface area contributed by atoms with Gasteiger partial charge >= 0.3 is 5.97 Å². The monoisotopic (exact) mass is 416 g/mol. The lowest BCUT2D eigenvalue weighted by atomic mass is 10.2. The Morgan fingerprint density at radius 2 is 1.81 bits per heavy atom. The molecule has 0 atom stereocenters. The highest BCUT2D eigenvalue weighted by Crippen LogP contribution is 2.28. The minimum Gasteiger partial charge on any atom is -0.452 e. The van der Waals surface area contributed by atoms with Crippen molar-refractivity contribution in [3.63, 3.8) is 0 Å². The highest BCUT2D eigenvalue weighted by Gasteiger charge is 2.15. The normalized spacial score (nSPS) is 11.1. The smallest absolute Gasteiger partial charge is 0.338 e. The zero-order chi connectivity index (χ0) is 19.5. The van der Waals surface area contributed by atoms with Gasteiger partial charge in [-0.15, -0.1) is 0 Å². The molecule has 0 radical (unpaired) electrons. The largest absolute Gasteiger partial charge is 0.452 e. The van der Waals surface area contributed by atoms with E-state index in [4.69, 9.17) is 27.9 Å². The van der Waals surface area contributed by atoms with Gasteiger partial charge in [0.1, 0.15) is 0 Å². The van der Waals surface area contributed by atoms with Crippen molar-refractivity contribution in [2.24, 2.45) is 0 Å². The maximum atomic E-state index is 11.9. The zero-order valence-corrected chi connectivity index (χ0v) is 16.1. The number of anilines is 1. The number of aromatic nitrogens is 1. The van der Waals surface area contributed by atoms with Crippen molar-refractivity contribution < 1.29 is 22.7 Å². The number of carbonyl (C=O) groups is 2. The first-order chi connectivity index (χ1) is 12.1. The van der Waals surface area contributed by atoms with Gasteiger partial charge in [-0.1, -0.05) is 23.2 Å². The maximum absolute atomic E-state index is 11.9. The molecular weight excluding hydrogens is 403 g/mol. The number of hydrogen-bond donors (Lipinski definition) is 1. The van der Waals surface area contributed by atoms with Gasteiger partial charge in [0.15, 0.2) is 22.3 Å². The third-order valence-electron chi connectivity index (χ3n) is 3.31. The predicted octanol–water partition coefficient (Wildman–Crippen LogP) is 2.90. The van der Waals surface area contributed by atoms with Crippen LogP contribution in [0.3, 0.4) is 0 Å². The summed E-state index contributed by atoms with van der Waals surface area (Å²) in [5, 5.41) is 2.96. The fraction of sp³-hybridized carbons (Fsp3) is 0.188. The second-order valence-electron chi connectivity index (χ2n) is 5.31. The molecule has 0 aliphatic rings. The summed E-state index contributed by atoms with van der Waals surface area (Å²) < 4.78 is 27.6. The Kier molecular flexibility index (Phi) is 6.22. The van der Waals surface area contributed by atoms with Gasteiger partial charge in [-0.2, -0.15) is 0 Å². The van der Waals surface area contributed by atoms with Crippen LogP contribution in [0.5, 0.6) is 0 Å². The van der Waals surface area contributed by atoms with E-state index >= 15 is 0 Å². The molecular formula is C16H14Cl2N2O5S. The molecule has 0 aliphatic carbocycles. The van der Waals surface area contributed by atoms with Gasteiger partial charge in [-0.25, -0.2) is 18.2 Å². The fourth-order valence-electron chi connectivity index (χ4n) is 1.87. The molecule has 1 amide bonds. The Morgan fingerprint density at radius 3 is 2.38 bits per heavy atom. The van der Waals surface area contributed by atoms with E-state index in [-0.39, 0.29) is 21.3 Å². The molecule has 2 aromatic rings. The molecule has 0 fully saturated rings. The summed E-state index contributed by atoms with van der Waals surface area (Å²) in [5.41, 5.74) is 0.672. The first kappa shape index (κ1) is 20.2. The Bertz CT molecular complexity index is 959. The minimum atomic E-state index is -3.36. The summed E-state index contributed by atoms with van der Waals surface area (Å²) in [7, 11) is -3.36. The number of sulfone groups is 1. The second kappa shape index (κ2) is 8.03. The van der Waals surface area contributed by atoms with Crippen LogP contribution in [0.15, 0.2) is 35.4 Å². The molecule has 0 aliphatic heterocycles. The molecule has 26 heavy (non-hydrogen) atoms. The number of esters is 1. The molecule has 0 unspecified atom stereocenters. The first-order valence-corrected chi connectivity index (χ1v) is 9.82. The van der Waals surface area contributed by atoms with Crippen molar-refractivity contribution in [1.82, 2.24) is 4.98 Å². The summed E-state index contributed by atoms with van der Waals surface area (Å²) in [5.74, 6) is -1.30. The Morgan fingerprint density at radius 1 is 1.19 bits per heavy atom. The van der Waals surface area contributed by atoms with E-state index in [1.54, 1.807) is 6.92 Å². The van der Waals surface area contributed by atoms with E-state index in [0.717, 1.165) is 6.26 Å². The summed E-state index contributed by atoms with van der Waals surface area (Å²) in [4.78, 5) is 27.8. The van der Waals surface area contributed by atoms with Gasteiger partial charge in [0.2, 0.25) is 0 Å². The molecule has 10 heteroatoms. The van der Waals surface area contributed by atoms with Crippen molar-refractivity contribution in [3.05, 3.63) is 51.6 Å². The van der Waals surface area contributed by atoms with Crippen LogP contribution in [0, 0.1) is 6.92 Å². The van der Waals surface area contributed by atoms with Gasteiger partial charge in [-0.3, -0.25) is 4.79 Å². The number of amides is 1. The number of rotatable bonds is 5. The van der Waals surface area contributed by atoms with E-state index in [2.05, 4.69) is 10.3 Å². The van der Waals surface area contributed by atoms with Crippen molar-refractivity contribution in [1.29, 1.82) is 0 Å². The first-order valence-electron chi connectivity index (χ1n) is 7.17. The molecule has 1 aromatic carbocycles. The van der Waals surface area contributed by atoms with E-state index in [1.807, 2.05) is 0 Å². The summed E-state index contributed by atoms with van der Waals surface area (Å²) >= 11 is 11.9. The van der Waals surface area contributed by atoms with Gasteiger partial charge in [0.05, 0.1) is 20.5 Å². The molecule has 1 N–H and O–H groups in total. The summed E-state index contributed by atoms with van der Waals surface area (Å²) in [6.45, 7) is 1.11. The lowest BCUT2D eigenvalue weighted by molar-refractivity contribution is -0.119. The quantitative estimate of drug-likeness (QED) is 0.751. The average Bonchev–Trinajstić information content (AvgIpc) is 2.59. The second-order valence-corrected chi connectivity index (χ2v) is 8.12. The average molecular weight is 417 g/mol. The molecule has 0 saturated carbocycles. The summed E-state index contributed by atoms with van der Waals surface area (Å²) in [6, 6.07) is 5.17. The van der Waals surface area contributed by atoms with Crippen LogP contribution in [0.2, 0.25) is 10.0 Å². The highest BCUT2D eigenvalue weighted by atomic mass is 35.5. The Balaban J connectivity index is 1.97.